The Labute approximate surface area is 180 Å². The Morgan fingerprint density at radius 1 is 1.03 bits per heavy atom. The SMILES string of the molecule is O=C(NC[C@@]1(O)CCOC1)c1ccc(NS(=O)(=O)c2ccc3c(c2)OCCCO3)cc1. The van der Waals surface area contributed by atoms with Crippen molar-refractivity contribution in [3.8, 4) is 11.5 Å². The molecule has 1 fully saturated rings. The van der Waals surface area contributed by atoms with E-state index in [1.165, 1.54) is 36.4 Å². The van der Waals surface area contributed by atoms with Crippen LogP contribution in [0.1, 0.15) is 23.2 Å². The molecule has 1 atom stereocenters. The maximum atomic E-state index is 12.8. The Hall–Kier alpha value is -2.82. The van der Waals surface area contributed by atoms with Crippen molar-refractivity contribution < 1.29 is 32.5 Å². The second-order valence-electron chi connectivity index (χ2n) is 7.55. The number of nitrogens with one attached hydrogen (secondary N) is 2. The minimum atomic E-state index is -3.85. The second-order valence-corrected chi connectivity index (χ2v) is 9.23. The van der Waals surface area contributed by atoms with Crippen molar-refractivity contribution in [3.05, 3.63) is 48.0 Å². The molecule has 166 valence electrons. The number of carbonyl (C=O) groups excluding carboxylic acids is 1. The topological polar surface area (TPSA) is 123 Å². The predicted octanol–water partition coefficient (Wildman–Crippen LogP) is 1.53. The number of anilines is 1. The minimum Gasteiger partial charge on any atom is -0.490 e. The standard InChI is InChI=1S/C21H24N2O7S/c24-20(22-13-21(25)8-11-28-14-21)15-2-4-16(5-3-15)23-31(26,27)17-6-7-18-19(12-17)30-10-1-9-29-18/h2-7,12,23,25H,1,8-11,13-14H2,(H,22,24)/t21-/m0/s1. The Bertz CT molecular complexity index is 1050. The van der Waals surface area contributed by atoms with Crippen LogP contribution in [0, 0.1) is 0 Å². The number of sulfonamides is 1. The fraction of sp³-hybridized carbons (Fsp3) is 0.381. The third kappa shape index (κ3) is 5.09. The van der Waals surface area contributed by atoms with E-state index >= 15 is 0 Å². The number of amides is 1. The van der Waals surface area contributed by atoms with E-state index in [2.05, 4.69) is 10.0 Å². The van der Waals surface area contributed by atoms with Gasteiger partial charge in [-0.3, -0.25) is 9.52 Å². The minimum absolute atomic E-state index is 0.0468. The van der Waals surface area contributed by atoms with Crippen molar-refractivity contribution in [3.63, 3.8) is 0 Å². The van der Waals surface area contributed by atoms with Gasteiger partial charge < -0.3 is 24.6 Å². The van der Waals surface area contributed by atoms with Gasteiger partial charge in [-0.1, -0.05) is 0 Å². The number of carbonyl (C=O) groups is 1. The third-order valence-electron chi connectivity index (χ3n) is 5.09. The van der Waals surface area contributed by atoms with Crippen LogP contribution in [0.5, 0.6) is 11.5 Å². The molecule has 2 heterocycles. The van der Waals surface area contributed by atoms with Crippen LogP contribution >= 0.6 is 0 Å². The van der Waals surface area contributed by atoms with Crippen LogP contribution in [0.4, 0.5) is 5.69 Å². The number of benzene rings is 2. The summed E-state index contributed by atoms with van der Waals surface area (Å²) in [7, 11) is -3.85. The summed E-state index contributed by atoms with van der Waals surface area (Å²) in [5.74, 6) is 0.542. The highest BCUT2D eigenvalue weighted by Crippen LogP contribution is 2.32. The van der Waals surface area contributed by atoms with Crippen LogP contribution < -0.4 is 19.5 Å². The summed E-state index contributed by atoms with van der Waals surface area (Å²) in [6.45, 7) is 1.71. The molecule has 0 radical (unpaired) electrons. The Balaban J connectivity index is 1.41. The van der Waals surface area contributed by atoms with Gasteiger partial charge in [-0.15, -0.1) is 0 Å². The van der Waals surface area contributed by atoms with E-state index in [9.17, 15) is 18.3 Å². The van der Waals surface area contributed by atoms with Crippen LogP contribution in [0.2, 0.25) is 0 Å². The molecule has 2 aliphatic heterocycles. The van der Waals surface area contributed by atoms with Crippen LogP contribution in [0.3, 0.4) is 0 Å². The van der Waals surface area contributed by atoms with Gasteiger partial charge in [0.15, 0.2) is 11.5 Å². The molecule has 4 rings (SSSR count). The van der Waals surface area contributed by atoms with E-state index in [4.69, 9.17) is 14.2 Å². The number of rotatable bonds is 6. The number of fused-ring (bicyclic) bond motifs is 1. The van der Waals surface area contributed by atoms with Gasteiger partial charge in [0.2, 0.25) is 0 Å². The van der Waals surface area contributed by atoms with E-state index in [0.717, 1.165) is 6.42 Å². The molecule has 0 aliphatic carbocycles. The van der Waals surface area contributed by atoms with Gasteiger partial charge in [-0.05, 0) is 36.4 Å². The second kappa shape index (κ2) is 8.74. The summed E-state index contributed by atoms with van der Waals surface area (Å²) in [6, 6.07) is 10.5. The Kier molecular flexibility index (Phi) is 6.03. The normalized spacial score (nSPS) is 20.7. The highest BCUT2D eigenvalue weighted by molar-refractivity contribution is 7.92. The lowest BCUT2D eigenvalue weighted by molar-refractivity contribution is 0.0264. The molecule has 2 aromatic rings. The van der Waals surface area contributed by atoms with Crippen molar-refractivity contribution in [2.24, 2.45) is 0 Å². The zero-order valence-corrected chi connectivity index (χ0v) is 17.6. The molecule has 3 N–H and O–H groups in total. The first kappa shape index (κ1) is 21.4. The summed E-state index contributed by atoms with van der Waals surface area (Å²) in [5, 5.41) is 12.9. The number of hydrogen-bond donors (Lipinski definition) is 3. The van der Waals surface area contributed by atoms with Gasteiger partial charge in [-0.25, -0.2) is 8.42 Å². The molecule has 1 saturated heterocycles. The number of ether oxygens (including phenoxy) is 3. The van der Waals surface area contributed by atoms with Gasteiger partial charge in [0.1, 0.15) is 5.60 Å². The first-order chi connectivity index (χ1) is 14.8. The molecule has 0 spiro atoms. The quantitative estimate of drug-likeness (QED) is 0.612. The summed E-state index contributed by atoms with van der Waals surface area (Å²) >= 11 is 0. The van der Waals surface area contributed by atoms with Gasteiger partial charge in [-0.2, -0.15) is 0 Å². The van der Waals surface area contributed by atoms with Crippen LogP contribution in [0.25, 0.3) is 0 Å². The van der Waals surface area contributed by atoms with Gasteiger partial charge in [0.05, 0.1) is 24.7 Å². The third-order valence-corrected chi connectivity index (χ3v) is 6.47. The Morgan fingerprint density at radius 3 is 2.48 bits per heavy atom. The molecule has 0 saturated carbocycles. The molecule has 0 unspecified atom stereocenters. The molecule has 31 heavy (non-hydrogen) atoms. The monoisotopic (exact) mass is 448 g/mol. The van der Waals surface area contributed by atoms with Crippen LogP contribution in [0.15, 0.2) is 47.4 Å². The number of hydrogen-bond acceptors (Lipinski definition) is 7. The highest BCUT2D eigenvalue weighted by atomic mass is 32.2. The lowest BCUT2D eigenvalue weighted by atomic mass is 10.0. The Morgan fingerprint density at radius 2 is 1.77 bits per heavy atom. The average Bonchev–Trinajstić information content (AvgIpc) is 3.05. The van der Waals surface area contributed by atoms with Gasteiger partial charge >= 0.3 is 0 Å². The smallest absolute Gasteiger partial charge is 0.262 e. The van der Waals surface area contributed by atoms with E-state index < -0.39 is 15.6 Å². The maximum absolute atomic E-state index is 12.8. The average molecular weight is 448 g/mol. The molecule has 2 aromatic carbocycles. The number of aliphatic hydroxyl groups is 1. The van der Waals surface area contributed by atoms with Crippen molar-refractivity contribution in [2.45, 2.75) is 23.3 Å². The summed E-state index contributed by atoms with van der Waals surface area (Å²) in [4.78, 5) is 12.3. The zero-order valence-electron chi connectivity index (χ0n) is 16.8. The van der Waals surface area contributed by atoms with Crippen molar-refractivity contribution >= 4 is 21.6 Å². The molecule has 10 heteroatoms. The maximum Gasteiger partial charge on any atom is 0.262 e. The molecular weight excluding hydrogens is 424 g/mol. The predicted molar refractivity (Wildman–Crippen MR) is 112 cm³/mol. The van der Waals surface area contributed by atoms with E-state index in [1.54, 1.807) is 6.07 Å². The van der Waals surface area contributed by atoms with Crippen molar-refractivity contribution in [1.29, 1.82) is 0 Å². The lowest BCUT2D eigenvalue weighted by Crippen LogP contribution is -2.43. The molecule has 9 nitrogen and oxygen atoms in total. The van der Waals surface area contributed by atoms with Gasteiger partial charge in [0.25, 0.3) is 15.9 Å². The summed E-state index contributed by atoms with van der Waals surface area (Å²) < 4.78 is 44.2. The first-order valence-electron chi connectivity index (χ1n) is 9.96. The van der Waals surface area contributed by atoms with Crippen LogP contribution in [-0.2, 0) is 14.8 Å². The molecule has 2 aliphatic rings. The van der Waals surface area contributed by atoms with Crippen molar-refractivity contribution in [2.75, 3.05) is 37.7 Å². The van der Waals surface area contributed by atoms with Gasteiger partial charge in [0, 0.05) is 43.3 Å². The van der Waals surface area contributed by atoms with Crippen molar-refractivity contribution in [1.82, 2.24) is 5.32 Å². The van der Waals surface area contributed by atoms with E-state index in [1.807, 2.05) is 0 Å². The lowest BCUT2D eigenvalue weighted by Gasteiger charge is -2.20. The highest BCUT2D eigenvalue weighted by Gasteiger charge is 2.32. The largest absolute Gasteiger partial charge is 0.490 e. The molecule has 0 bridgehead atoms. The fourth-order valence-electron chi connectivity index (χ4n) is 3.30. The molecule has 1 amide bonds. The zero-order chi connectivity index (χ0) is 21.9. The molecule has 0 aromatic heterocycles. The van der Waals surface area contributed by atoms with Crippen LogP contribution in [-0.4, -0.2) is 58.0 Å². The van der Waals surface area contributed by atoms with E-state index in [0.29, 0.717) is 49.0 Å². The summed E-state index contributed by atoms with van der Waals surface area (Å²) in [6.07, 6.45) is 1.19. The van der Waals surface area contributed by atoms with E-state index in [-0.39, 0.29) is 24.0 Å². The first-order valence-corrected chi connectivity index (χ1v) is 11.4. The summed E-state index contributed by atoms with van der Waals surface area (Å²) in [5.41, 5.74) is -0.388. The molecular formula is C21H24N2O7S. The fourth-order valence-corrected chi connectivity index (χ4v) is 4.37.